The second kappa shape index (κ2) is 5.38. The maximum atomic E-state index is 13.2. The van der Waals surface area contributed by atoms with Gasteiger partial charge in [-0.1, -0.05) is 11.6 Å². The van der Waals surface area contributed by atoms with Gasteiger partial charge < -0.3 is 10.2 Å². The number of hydrogen-bond donors (Lipinski definition) is 1. The third-order valence-corrected chi connectivity index (χ3v) is 3.85. The first kappa shape index (κ1) is 13.3. The van der Waals surface area contributed by atoms with Crippen molar-refractivity contribution in [2.75, 3.05) is 5.73 Å². The molecule has 1 aromatic carbocycles. The minimum atomic E-state index is -0.416. The van der Waals surface area contributed by atoms with Crippen LogP contribution in [0.15, 0.2) is 21.9 Å². The standard InChI is InChI=1S/C13H11ClFN3OS/c14-9-4-7(15)5-10-12(9)19-11(18-10)3-1-2-8-6-20-13(16)17-8/h4-6H,1-3H2,(H2,16,17). The number of fused-ring (bicyclic) bond motifs is 1. The maximum Gasteiger partial charge on any atom is 0.195 e. The van der Waals surface area contributed by atoms with Gasteiger partial charge in [-0.15, -0.1) is 11.3 Å². The molecule has 3 aromatic rings. The van der Waals surface area contributed by atoms with Crippen molar-refractivity contribution in [2.45, 2.75) is 19.3 Å². The lowest BCUT2D eigenvalue weighted by Gasteiger charge is -1.94. The fraction of sp³-hybridized carbons (Fsp3) is 0.231. The average Bonchev–Trinajstić information content (AvgIpc) is 2.96. The zero-order valence-corrected chi connectivity index (χ0v) is 12.0. The molecule has 0 bridgehead atoms. The molecule has 2 N–H and O–H groups in total. The fourth-order valence-corrected chi connectivity index (χ4v) is 2.81. The molecule has 0 fully saturated rings. The van der Waals surface area contributed by atoms with Crippen LogP contribution in [0.1, 0.15) is 18.0 Å². The van der Waals surface area contributed by atoms with Crippen molar-refractivity contribution >= 4 is 39.2 Å². The molecule has 2 aromatic heterocycles. The number of aryl methyl sites for hydroxylation is 2. The zero-order chi connectivity index (χ0) is 14.1. The first-order chi connectivity index (χ1) is 9.61. The Labute approximate surface area is 123 Å². The average molecular weight is 312 g/mol. The number of halogens is 2. The van der Waals surface area contributed by atoms with Gasteiger partial charge in [-0.3, -0.25) is 0 Å². The molecule has 0 unspecified atom stereocenters. The second-order valence-corrected chi connectivity index (χ2v) is 5.67. The Morgan fingerprint density at radius 3 is 2.90 bits per heavy atom. The molecule has 0 aliphatic heterocycles. The molecular formula is C13H11ClFN3OS. The van der Waals surface area contributed by atoms with E-state index in [1.54, 1.807) is 0 Å². The zero-order valence-electron chi connectivity index (χ0n) is 10.4. The van der Waals surface area contributed by atoms with Crippen LogP contribution in [0.3, 0.4) is 0 Å². The largest absolute Gasteiger partial charge is 0.439 e. The predicted molar refractivity (Wildman–Crippen MR) is 77.5 cm³/mol. The number of benzene rings is 1. The van der Waals surface area contributed by atoms with E-state index >= 15 is 0 Å². The van der Waals surface area contributed by atoms with Gasteiger partial charge in [-0.25, -0.2) is 14.4 Å². The molecule has 0 aliphatic rings. The van der Waals surface area contributed by atoms with Gasteiger partial charge in [-0.2, -0.15) is 0 Å². The summed E-state index contributed by atoms with van der Waals surface area (Å²) in [4.78, 5) is 8.42. The number of oxazole rings is 1. The van der Waals surface area contributed by atoms with Crippen molar-refractivity contribution in [2.24, 2.45) is 0 Å². The van der Waals surface area contributed by atoms with E-state index in [9.17, 15) is 4.39 Å². The number of anilines is 1. The Morgan fingerprint density at radius 2 is 2.15 bits per heavy atom. The highest BCUT2D eigenvalue weighted by Crippen LogP contribution is 2.26. The van der Waals surface area contributed by atoms with Crippen LogP contribution in [-0.4, -0.2) is 9.97 Å². The quantitative estimate of drug-likeness (QED) is 0.795. The molecular weight excluding hydrogens is 301 g/mol. The predicted octanol–water partition coefficient (Wildman–Crippen LogP) is 3.83. The van der Waals surface area contributed by atoms with Crippen molar-refractivity contribution < 1.29 is 8.81 Å². The minimum absolute atomic E-state index is 0.242. The highest BCUT2D eigenvalue weighted by molar-refractivity contribution is 7.13. The number of hydrogen-bond acceptors (Lipinski definition) is 5. The van der Waals surface area contributed by atoms with Gasteiger partial charge in [0.05, 0.1) is 10.7 Å². The monoisotopic (exact) mass is 311 g/mol. The normalized spacial score (nSPS) is 11.3. The van der Waals surface area contributed by atoms with Gasteiger partial charge in [0.2, 0.25) is 0 Å². The molecule has 0 spiro atoms. The molecule has 4 nitrogen and oxygen atoms in total. The Kier molecular flexibility index (Phi) is 3.58. The number of rotatable bonds is 4. The first-order valence-corrected chi connectivity index (χ1v) is 7.32. The highest BCUT2D eigenvalue weighted by Gasteiger charge is 2.11. The van der Waals surface area contributed by atoms with Crippen molar-refractivity contribution in [1.82, 2.24) is 9.97 Å². The first-order valence-electron chi connectivity index (χ1n) is 6.06. The van der Waals surface area contributed by atoms with Gasteiger partial charge in [0.15, 0.2) is 16.6 Å². The maximum absolute atomic E-state index is 13.2. The minimum Gasteiger partial charge on any atom is -0.439 e. The molecule has 2 heterocycles. The lowest BCUT2D eigenvalue weighted by molar-refractivity contribution is 0.518. The van der Waals surface area contributed by atoms with E-state index in [0.29, 0.717) is 28.5 Å². The van der Waals surface area contributed by atoms with E-state index < -0.39 is 5.82 Å². The molecule has 0 radical (unpaired) electrons. The molecule has 20 heavy (non-hydrogen) atoms. The van der Waals surface area contributed by atoms with Crippen LogP contribution in [0.25, 0.3) is 11.1 Å². The van der Waals surface area contributed by atoms with Gasteiger partial charge in [0, 0.05) is 17.9 Å². The summed E-state index contributed by atoms with van der Waals surface area (Å²) in [5.74, 6) is 0.135. The van der Waals surface area contributed by atoms with Crippen LogP contribution < -0.4 is 5.73 Å². The van der Waals surface area contributed by atoms with Gasteiger partial charge in [-0.05, 0) is 18.9 Å². The van der Waals surface area contributed by atoms with Crippen molar-refractivity contribution in [3.8, 4) is 0 Å². The summed E-state index contributed by atoms with van der Waals surface area (Å²) in [6, 6.07) is 2.53. The highest BCUT2D eigenvalue weighted by atomic mass is 35.5. The smallest absolute Gasteiger partial charge is 0.195 e. The summed E-state index contributed by atoms with van der Waals surface area (Å²) in [5.41, 5.74) is 7.41. The molecule has 0 aliphatic carbocycles. The topological polar surface area (TPSA) is 64.9 Å². The molecule has 0 atom stereocenters. The van der Waals surface area contributed by atoms with Crippen LogP contribution in [0, 0.1) is 5.82 Å². The molecule has 0 amide bonds. The number of aromatic nitrogens is 2. The Morgan fingerprint density at radius 1 is 1.30 bits per heavy atom. The Hall–Kier alpha value is -1.66. The molecule has 3 rings (SSSR count). The Bertz CT molecular complexity index is 755. The van der Waals surface area contributed by atoms with Crippen LogP contribution in [0.4, 0.5) is 9.52 Å². The number of nitrogen functional groups attached to an aromatic ring is 1. The second-order valence-electron chi connectivity index (χ2n) is 4.37. The third kappa shape index (κ3) is 2.76. The van der Waals surface area contributed by atoms with Crippen LogP contribution in [0.5, 0.6) is 0 Å². The number of thiazole rings is 1. The van der Waals surface area contributed by atoms with Crippen LogP contribution in [-0.2, 0) is 12.8 Å². The summed E-state index contributed by atoms with van der Waals surface area (Å²) >= 11 is 7.34. The summed E-state index contributed by atoms with van der Waals surface area (Å²) in [6.45, 7) is 0. The van der Waals surface area contributed by atoms with Crippen LogP contribution >= 0.6 is 22.9 Å². The van der Waals surface area contributed by atoms with Crippen molar-refractivity contribution in [3.63, 3.8) is 0 Å². The van der Waals surface area contributed by atoms with Crippen molar-refractivity contribution in [3.05, 3.63) is 39.9 Å². The molecule has 7 heteroatoms. The summed E-state index contributed by atoms with van der Waals surface area (Å²) < 4.78 is 18.7. The SMILES string of the molecule is Nc1nc(CCCc2nc3cc(F)cc(Cl)c3o2)cs1. The van der Waals surface area contributed by atoms with E-state index in [4.69, 9.17) is 21.8 Å². The summed E-state index contributed by atoms with van der Waals surface area (Å²) in [6.07, 6.45) is 2.27. The van der Waals surface area contributed by atoms with E-state index in [1.165, 1.54) is 23.5 Å². The third-order valence-electron chi connectivity index (χ3n) is 2.85. The van der Waals surface area contributed by atoms with Crippen LogP contribution in [0.2, 0.25) is 5.02 Å². The molecule has 0 saturated carbocycles. The molecule has 104 valence electrons. The van der Waals surface area contributed by atoms with E-state index in [0.717, 1.165) is 18.5 Å². The van der Waals surface area contributed by atoms with Gasteiger partial charge in [0.1, 0.15) is 11.3 Å². The lowest BCUT2D eigenvalue weighted by Crippen LogP contribution is -1.91. The van der Waals surface area contributed by atoms with E-state index in [2.05, 4.69) is 9.97 Å². The Balaban J connectivity index is 1.70. The summed E-state index contributed by atoms with van der Waals surface area (Å²) in [5, 5.41) is 2.75. The summed E-state index contributed by atoms with van der Waals surface area (Å²) in [7, 11) is 0. The van der Waals surface area contributed by atoms with Gasteiger partial charge in [0.25, 0.3) is 0 Å². The van der Waals surface area contributed by atoms with Crippen molar-refractivity contribution in [1.29, 1.82) is 0 Å². The lowest BCUT2D eigenvalue weighted by atomic mass is 10.2. The number of nitrogens with zero attached hydrogens (tertiary/aromatic N) is 2. The number of nitrogens with two attached hydrogens (primary N) is 1. The van der Waals surface area contributed by atoms with E-state index in [1.807, 2.05) is 5.38 Å². The van der Waals surface area contributed by atoms with E-state index in [-0.39, 0.29) is 5.02 Å². The fourth-order valence-electron chi connectivity index (χ4n) is 1.97. The molecule has 0 saturated heterocycles. The van der Waals surface area contributed by atoms with Gasteiger partial charge >= 0.3 is 0 Å².